The summed E-state index contributed by atoms with van der Waals surface area (Å²) in [7, 11) is 0. The number of carbonyl (C=O) groups is 1. The van der Waals surface area contributed by atoms with Gasteiger partial charge in [0, 0.05) is 12.6 Å². The van der Waals surface area contributed by atoms with Crippen molar-refractivity contribution in [3.05, 3.63) is 60.4 Å². The zero-order valence-electron chi connectivity index (χ0n) is 16.0. The average molecular weight is 417 g/mol. The molecule has 2 heterocycles. The Balaban J connectivity index is 1.66. The van der Waals surface area contributed by atoms with Crippen molar-refractivity contribution < 1.29 is 18.4 Å². The Morgan fingerprint density at radius 3 is 2.83 bits per heavy atom. The first-order chi connectivity index (χ1) is 14.0. The van der Waals surface area contributed by atoms with Gasteiger partial charge in [-0.15, -0.1) is 16.8 Å². The molecule has 29 heavy (non-hydrogen) atoms. The third kappa shape index (κ3) is 5.44. The molecule has 8 nitrogen and oxygen atoms in total. The molecular weight excluding hydrogens is 397 g/mol. The largest absolute Gasteiger partial charge is 0.483 e. The van der Waals surface area contributed by atoms with Crippen molar-refractivity contribution in [2.24, 2.45) is 0 Å². The smallest absolute Gasteiger partial charge is 0.236 e. The van der Waals surface area contributed by atoms with Crippen LogP contribution in [0, 0.1) is 12.7 Å². The fourth-order valence-electron chi connectivity index (χ4n) is 2.51. The number of benzene rings is 1. The summed E-state index contributed by atoms with van der Waals surface area (Å²) < 4.78 is 25.6. The number of thioether (sulfide) groups is 1. The van der Waals surface area contributed by atoms with Gasteiger partial charge in [-0.1, -0.05) is 23.0 Å². The van der Waals surface area contributed by atoms with Crippen molar-refractivity contribution in [1.82, 2.24) is 19.9 Å². The van der Waals surface area contributed by atoms with Crippen molar-refractivity contribution in [3.8, 4) is 5.75 Å². The van der Waals surface area contributed by atoms with Crippen molar-refractivity contribution in [2.45, 2.75) is 31.7 Å². The molecule has 0 bridgehead atoms. The number of aromatic nitrogens is 4. The highest BCUT2D eigenvalue weighted by Gasteiger charge is 2.20. The van der Waals surface area contributed by atoms with Gasteiger partial charge in [0.25, 0.3) is 0 Å². The normalized spacial score (nSPS) is 11.8. The number of rotatable bonds is 9. The summed E-state index contributed by atoms with van der Waals surface area (Å²) in [5, 5.41) is 15.3. The van der Waals surface area contributed by atoms with Gasteiger partial charge in [-0.2, -0.15) is 0 Å². The Morgan fingerprint density at radius 2 is 2.17 bits per heavy atom. The number of aryl methyl sites for hydroxylation is 1. The van der Waals surface area contributed by atoms with Crippen LogP contribution in [0.15, 0.2) is 52.7 Å². The Labute approximate surface area is 171 Å². The lowest BCUT2D eigenvalue weighted by Gasteiger charge is -2.15. The van der Waals surface area contributed by atoms with Crippen LogP contribution in [-0.4, -0.2) is 31.6 Å². The van der Waals surface area contributed by atoms with E-state index in [4.69, 9.17) is 9.26 Å². The van der Waals surface area contributed by atoms with Gasteiger partial charge in [0.05, 0.1) is 5.75 Å². The quantitative estimate of drug-likeness (QED) is 0.418. The van der Waals surface area contributed by atoms with Gasteiger partial charge in [-0.05, 0) is 38.1 Å². The number of carbonyl (C=O) groups excluding carboxylic acids is 1. The van der Waals surface area contributed by atoms with Gasteiger partial charge in [0.15, 0.2) is 22.9 Å². The molecule has 0 saturated heterocycles. The number of hydrogen-bond acceptors (Lipinski definition) is 7. The Kier molecular flexibility index (Phi) is 6.65. The molecule has 3 aromatic rings. The summed E-state index contributed by atoms with van der Waals surface area (Å²) in [6.07, 6.45) is 1.27. The Bertz CT molecular complexity index is 986. The van der Waals surface area contributed by atoms with E-state index in [1.54, 1.807) is 31.2 Å². The fraction of sp³-hybridized carbons (Fsp3) is 0.263. The first kappa shape index (κ1) is 20.6. The van der Waals surface area contributed by atoms with Crippen LogP contribution in [0.3, 0.4) is 0 Å². The standard InChI is InChI=1S/C19H20FN5O3S/c1-4-9-25-18(13(3)27-15-7-5-14(20)6-8-15)22-23-19(25)29-11-17(26)21-16-10-12(2)28-24-16/h4-8,10,13H,1,9,11H2,2-3H3,(H,21,24,26). The predicted molar refractivity (Wildman–Crippen MR) is 106 cm³/mol. The van der Waals surface area contributed by atoms with Crippen LogP contribution in [0.4, 0.5) is 10.2 Å². The molecule has 10 heteroatoms. The van der Waals surface area contributed by atoms with E-state index < -0.39 is 6.10 Å². The molecule has 1 atom stereocenters. The van der Waals surface area contributed by atoms with Gasteiger partial charge in [-0.3, -0.25) is 9.36 Å². The first-order valence-corrected chi connectivity index (χ1v) is 9.77. The molecule has 3 rings (SSSR count). The molecule has 1 aromatic carbocycles. The minimum atomic E-state index is -0.436. The fourth-order valence-corrected chi connectivity index (χ4v) is 3.27. The van der Waals surface area contributed by atoms with E-state index in [2.05, 4.69) is 27.2 Å². The van der Waals surface area contributed by atoms with Crippen LogP contribution in [0.25, 0.3) is 0 Å². The molecule has 0 spiro atoms. The number of anilines is 1. The predicted octanol–water partition coefficient (Wildman–Crippen LogP) is 3.77. The summed E-state index contributed by atoms with van der Waals surface area (Å²) in [6, 6.07) is 7.38. The highest BCUT2D eigenvalue weighted by molar-refractivity contribution is 7.99. The molecule has 0 fully saturated rings. The summed E-state index contributed by atoms with van der Waals surface area (Å²) in [6.45, 7) is 7.77. The summed E-state index contributed by atoms with van der Waals surface area (Å²) >= 11 is 1.23. The molecule has 2 aromatic heterocycles. The summed E-state index contributed by atoms with van der Waals surface area (Å²) in [5.41, 5.74) is 0. The molecule has 0 aliphatic heterocycles. The van der Waals surface area contributed by atoms with Crippen LogP contribution in [0.2, 0.25) is 0 Å². The highest BCUT2D eigenvalue weighted by Crippen LogP contribution is 2.25. The minimum Gasteiger partial charge on any atom is -0.483 e. The molecule has 1 amide bonds. The van der Waals surface area contributed by atoms with Gasteiger partial charge in [0.2, 0.25) is 5.91 Å². The maximum absolute atomic E-state index is 13.1. The zero-order chi connectivity index (χ0) is 20.8. The summed E-state index contributed by atoms with van der Waals surface area (Å²) in [5.74, 6) is 1.61. The van der Waals surface area contributed by atoms with E-state index >= 15 is 0 Å². The molecule has 1 unspecified atom stereocenters. The number of hydrogen-bond donors (Lipinski definition) is 1. The molecule has 0 saturated carbocycles. The van der Waals surface area contributed by atoms with Crippen molar-refractivity contribution in [1.29, 1.82) is 0 Å². The van der Waals surface area contributed by atoms with E-state index in [1.807, 2.05) is 11.5 Å². The van der Waals surface area contributed by atoms with E-state index in [-0.39, 0.29) is 17.5 Å². The third-order valence-electron chi connectivity index (χ3n) is 3.78. The van der Waals surface area contributed by atoms with Gasteiger partial charge in [0.1, 0.15) is 17.3 Å². The lowest BCUT2D eigenvalue weighted by atomic mass is 10.3. The number of nitrogens with one attached hydrogen (secondary N) is 1. The van der Waals surface area contributed by atoms with E-state index in [0.29, 0.717) is 34.9 Å². The van der Waals surface area contributed by atoms with Crippen LogP contribution in [0.5, 0.6) is 5.75 Å². The average Bonchev–Trinajstić information content (AvgIpc) is 3.28. The summed E-state index contributed by atoms with van der Waals surface area (Å²) in [4.78, 5) is 12.1. The molecule has 0 aliphatic rings. The number of nitrogens with zero attached hydrogens (tertiary/aromatic N) is 4. The maximum Gasteiger partial charge on any atom is 0.236 e. The van der Waals surface area contributed by atoms with E-state index in [0.717, 1.165) is 0 Å². The lowest BCUT2D eigenvalue weighted by Crippen LogP contribution is -2.15. The Morgan fingerprint density at radius 1 is 1.41 bits per heavy atom. The van der Waals surface area contributed by atoms with Gasteiger partial charge < -0.3 is 14.6 Å². The van der Waals surface area contributed by atoms with Crippen molar-refractivity contribution in [2.75, 3.05) is 11.1 Å². The second-order valence-corrected chi connectivity index (χ2v) is 7.06. The lowest BCUT2D eigenvalue weighted by molar-refractivity contribution is -0.113. The highest BCUT2D eigenvalue weighted by atomic mass is 32.2. The number of halogens is 1. The third-order valence-corrected chi connectivity index (χ3v) is 4.74. The SMILES string of the molecule is C=CCn1c(SCC(=O)Nc2cc(C)on2)nnc1C(C)Oc1ccc(F)cc1. The number of allylic oxidation sites excluding steroid dienone is 1. The number of ether oxygens (including phenoxy) is 1. The molecule has 0 aliphatic carbocycles. The topological polar surface area (TPSA) is 95.1 Å². The van der Waals surface area contributed by atoms with Crippen LogP contribution in [-0.2, 0) is 11.3 Å². The molecular formula is C19H20FN5O3S. The van der Waals surface area contributed by atoms with Gasteiger partial charge >= 0.3 is 0 Å². The molecule has 1 N–H and O–H groups in total. The Hall–Kier alpha value is -3.14. The molecule has 0 radical (unpaired) electrons. The van der Waals surface area contributed by atoms with Crippen LogP contribution in [0.1, 0.15) is 24.6 Å². The second kappa shape index (κ2) is 9.37. The van der Waals surface area contributed by atoms with Crippen LogP contribution >= 0.6 is 11.8 Å². The first-order valence-electron chi connectivity index (χ1n) is 8.78. The van der Waals surface area contributed by atoms with Crippen molar-refractivity contribution in [3.63, 3.8) is 0 Å². The van der Waals surface area contributed by atoms with Crippen LogP contribution < -0.4 is 10.1 Å². The second-order valence-electron chi connectivity index (χ2n) is 6.11. The van der Waals surface area contributed by atoms with E-state index in [1.165, 1.54) is 23.9 Å². The van der Waals surface area contributed by atoms with Crippen molar-refractivity contribution >= 4 is 23.5 Å². The number of amides is 1. The zero-order valence-corrected chi connectivity index (χ0v) is 16.8. The molecule has 152 valence electrons. The maximum atomic E-state index is 13.1. The van der Waals surface area contributed by atoms with Gasteiger partial charge in [-0.25, -0.2) is 4.39 Å². The monoisotopic (exact) mass is 417 g/mol. The van der Waals surface area contributed by atoms with E-state index in [9.17, 15) is 9.18 Å². The minimum absolute atomic E-state index is 0.119.